The van der Waals surface area contributed by atoms with Gasteiger partial charge in [-0.25, -0.2) is 0 Å². The maximum Gasteiger partial charge on any atom is 0.123 e. The van der Waals surface area contributed by atoms with Crippen molar-refractivity contribution in [3.63, 3.8) is 0 Å². The lowest BCUT2D eigenvalue weighted by molar-refractivity contribution is -0.687. The van der Waals surface area contributed by atoms with Gasteiger partial charge in [0, 0.05) is 6.07 Å². The van der Waals surface area contributed by atoms with Crippen molar-refractivity contribution in [2.75, 3.05) is 33.5 Å². The van der Waals surface area contributed by atoms with Crippen molar-refractivity contribution in [2.45, 2.75) is 26.3 Å². The van der Waals surface area contributed by atoms with Gasteiger partial charge in [0.05, 0.1) is 32.9 Å². The van der Waals surface area contributed by atoms with E-state index in [0.717, 1.165) is 24.7 Å². The summed E-state index contributed by atoms with van der Waals surface area (Å²) in [5.74, 6) is 1.62. The largest absolute Gasteiger partial charge is 0.497 e. The number of hydrogen-bond donors (Lipinski definition) is 1. The third kappa shape index (κ3) is 7.03. The van der Waals surface area contributed by atoms with E-state index < -0.39 is 0 Å². The SMILES string of the molecule is CC[C@@H](C)[NH2+]CCOCCOc1cccc(OC)c1. The fraction of sp³-hybridized carbons (Fsp3) is 0.600. The van der Waals surface area contributed by atoms with Crippen LogP contribution < -0.4 is 14.8 Å². The van der Waals surface area contributed by atoms with E-state index in [1.165, 1.54) is 6.42 Å². The van der Waals surface area contributed by atoms with E-state index in [4.69, 9.17) is 14.2 Å². The minimum atomic E-state index is 0.566. The molecule has 1 atom stereocenters. The molecule has 1 aromatic rings. The predicted octanol–water partition coefficient (Wildman–Crippen LogP) is 1.45. The quantitative estimate of drug-likeness (QED) is 0.653. The van der Waals surface area contributed by atoms with Gasteiger partial charge in [0.1, 0.15) is 18.1 Å². The van der Waals surface area contributed by atoms with Gasteiger partial charge >= 0.3 is 0 Å². The molecule has 0 spiro atoms. The van der Waals surface area contributed by atoms with Gasteiger partial charge in [0.15, 0.2) is 0 Å². The average Bonchev–Trinajstić information content (AvgIpc) is 2.46. The van der Waals surface area contributed by atoms with Crippen LogP contribution in [0, 0.1) is 0 Å². The molecule has 0 bridgehead atoms. The maximum atomic E-state index is 5.58. The highest BCUT2D eigenvalue weighted by Gasteiger charge is 2.00. The summed E-state index contributed by atoms with van der Waals surface area (Å²) >= 11 is 0. The first-order chi connectivity index (χ1) is 9.26. The lowest BCUT2D eigenvalue weighted by atomic mass is 10.3. The number of hydrogen-bond acceptors (Lipinski definition) is 3. The van der Waals surface area contributed by atoms with Crippen molar-refractivity contribution in [1.82, 2.24) is 0 Å². The summed E-state index contributed by atoms with van der Waals surface area (Å²) in [5.41, 5.74) is 0. The molecule has 19 heavy (non-hydrogen) atoms. The first-order valence-corrected chi connectivity index (χ1v) is 6.94. The zero-order valence-corrected chi connectivity index (χ0v) is 12.2. The van der Waals surface area contributed by atoms with Crippen LogP contribution in [-0.4, -0.2) is 39.5 Å². The number of ether oxygens (including phenoxy) is 3. The lowest BCUT2D eigenvalue weighted by Gasteiger charge is -2.09. The smallest absolute Gasteiger partial charge is 0.123 e. The van der Waals surface area contributed by atoms with Crippen molar-refractivity contribution < 1.29 is 19.5 Å². The minimum absolute atomic E-state index is 0.566. The topological polar surface area (TPSA) is 44.3 Å². The maximum absolute atomic E-state index is 5.58. The van der Waals surface area contributed by atoms with Crippen LogP contribution in [0.3, 0.4) is 0 Å². The molecule has 0 heterocycles. The second-order valence-corrected chi connectivity index (χ2v) is 4.55. The second-order valence-electron chi connectivity index (χ2n) is 4.55. The Labute approximate surface area is 116 Å². The Bertz CT molecular complexity index is 344. The van der Waals surface area contributed by atoms with E-state index in [-0.39, 0.29) is 0 Å². The van der Waals surface area contributed by atoms with E-state index in [9.17, 15) is 0 Å². The molecule has 4 heteroatoms. The van der Waals surface area contributed by atoms with Crippen molar-refractivity contribution in [1.29, 1.82) is 0 Å². The summed E-state index contributed by atoms with van der Waals surface area (Å²) in [6.45, 7) is 7.39. The summed E-state index contributed by atoms with van der Waals surface area (Å²) in [6, 6.07) is 8.27. The van der Waals surface area contributed by atoms with Gasteiger partial charge < -0.3 is 19.5 Å². The average molecular weight is 268 g/mol. The number of nitrogens with two attached hydrogens (primary N) is 1. The standard InChI is InChI=1S/C15H25NO3/c1-4-13(2)16-8-9-18-10-11-19-15-7-5-6-14(12-15)17-3/h5-7,12-13,16H,4,8-11H2,1-3H3/p+1/t13-/m1/s1. The van der Waals surface area contributed by atoms with Gasteiger partial charge in [-0.05, 0) is 25.5 Å². The second kappa shape index (κ2) is 9.64. The zero-order chi connectivity index (χ0) is 13.9. The van der Waals surface area contributed by atoms with E-state index in [2.05, 4.69) is 19.2 Å². The van der Waals surface area contributed by atoms with E-state index >= 15 is 0 Å². The Morgan fingerprint density at radius 2 is 1.95 bits per heavy atom. The predicted molar refractivity (Wildman–Crippen MR) is 75.9 cm³/mol. The summed E-state index contributed by atoms with van der Waals surface area (Å²) < 4.78 is 16.2. The van der Waals surface area contributed by atoms with Gasteiger partial charge in [-0.1, -0.05) is 13.0 Å². The summed E-state index contributed by atoms with van der Waals surface area (Å²) in [7, 11) is 1.65. The molecule has 108 valence electrons. The van der Waals surface area contributed by atoms with Crippen molar-refractivity contribution in [3.8, 4) is 11.5 Å². The molecule has 1 rings (SSSR count). The zero-order valence-electron chi connectivity index (χ0n) is 12.2. The molecule has 0 radical (unpaired) electrons. The van der Waals surface area contributed by atoms with Crippen LogP contribution in [0.2, 0.25) is 0 Å². The van der Waals surface area contributed by atoms with E-state index in [1.54, 1.807) is 7.11 Å². The molecule has 0 unspecified atom stereocenters. The van der Waals surface area contributed by atoms with Crippen LogP contribution in [0.1, 0.15) is 20.3 Å². The Morgan fingerprint density at radius 1 is 1.16 bits per heavy atom. The first-order valence-electron chi connectivity index (χ1n) is 6.94. The Kier molecular flexibility index (Phi) is 8.02. The number of benzene rings is 1. The molecule has 0 fully saturated rings. The molecule has 4 nitrogen and oxygen atoms in total. The Balaban J connectivity index is 2.04. The van der Waals surface area contributed by atoms with Gasteiger partial charge in [0.25, 0.3) is 0 Å². The van der Waals surface area contributed by atoms with Gasteiger partial charge in [0.2, 0.25) is 0 Å². The third-order valence-corrected chi connectivity index (χ3v) is 3.01. The Morgan fingerprint density at radius 3 is 2.68 bits per heavy atom. The first kappa shape index (κ1) is 15.8. The van der Waals surface area contributed by atoms with Crippen LogP contribution in [-0.2, 0) is 4.74 Å². The summed E-state index contributed by atoms with van der Waals surface area (Å²) in [4.78, 5) is 0. The van der Waals surface area contributed by atoms with Crippen LogP contribution >= 0.6 is 0 Å². The molecule has 2 N–H and O–H groups in total. The fourth-order valence-electron chi connectivity index (χ4n) is 1.61. The summed E-state index contributed by atoms with van der Waals surface area (Å²) in [6.07, 6.45) is 1.19. The number of quaternary nitrogens is 1. The molecule has 0 saturated heterocycles. The third-order valence-electron chi connectivity index (χ3n) is 3.01. The highest BCUT2D eigenvalue weighted by Crippen LogP contribution is 2.18. The highest BCUT2D eigenvalue weighted by atomic mass is 16.5. The van der Waals surface area contributed by atoms with E-state index in [0.29, 0.717) is 19.3 Å². The highest BCUT2D eigenvalue weighted by molar-refractivity contribution is 5.32. The molecule has 0 amide bonds. The van der Waals surface area contributed by atoms with Gasteiger partial charge in [-0.15, -0.1) is 0 Å². The molecule has 1 aromatic carbocycles. The van der Waals surface area contributed by atoms with Crippen molar-refractivity contribution in [2.24, 2.45) is 0 Å². The molecule has 0 saturated carbocycles. The van der Waals surface area contributed by atoms with Crippen LogP contribution in [0.15, 0.2) is 24.3 Å². The van der Waals surface area contributed by atoms with Crippen molar-refractivity contribution in [3.05, 3.63) is 24.3 Å². The fourth-order valence-corrected chi connectivity index (χ4v) is 1.61. The van der Waals surface area contributed by atoms with E-state index in [1.807, 2.05) is 24.3 Å². The molecule has 0 aliphatic heterocycles. The van der Waals surface area contributed by atoms with Gasteiger partial charge in [-0.3, -0.25) is 0 Å². The molecular weight excluding hydrogens is 242 g/mol. The molecule has 0 aromatic heterocycles. The van der Waals surface area contributed by atoms with Crippen molar-refractivity contribution >= 4 is 0 Å². The van der Waals surface area contributed by atoms with Crippen LogP contribution in [0.5, 0.6) is 11.5 Å². The van der Waals surface area contributed by atoms with Crippen LogP contribution in [0.4, 0.5) is 0 Å². The number of rotatable bonds is 10. The Hall–Kier alpha value is -1.26. The van der Waals surface area contributed by atoms with Gasteiger partial charge in [-0.2, -0.15) is 0 Å². The molecule has 0 aliphatic carbocycles. The number of methoxy groups -OCH3 is 1. The normalized spacial score (nSPS) is 12.2. The minimum Gasteiger partial charge on any atom is -0.497 e. The lowest BCUT2D eigenvalue weighted by Crippen LogP contribution is -2.90. The van der Waals surface area contributed by atoms with Crippen LogP contribution in [0.25, 0.3) is 0 Å². The molecular formula is C15H26NO3+. The summed E-state index contributed by atoms with van der Waals surface area (Å²) in [5, 5.41) is 2.31. The monoisotopic (exact) mass is 268 g/mol. The molecule has 0 aliphatic rings.